The molecule has 0 aromatic heterocycles. The van der Waals surface area contributed by atoms with Crippen molar-refractivity contribution in [2.24, 2.45) is 0 Å². The Bertz CT molecular complexity index is 2180. The highest BCUT2D eigenvalue weighted by molar-refractivity contribution is 7.92. The topological polar surface area (TPSA) is 78.9 Å². The van der Waals surface area contributed by atoms with Crippen molar-refractivity contribution in [3.05, 3.63) is 162 Å². The number of methoxy groups -OCH3 is 1. The quantitative estimate of drug-likeness (QED) is 0.181. The highest BCUT2D eigenvalue weighted by atomic mass is 32.2. The summed E-state index contributed by atoms with van der Waals surface area (Å²) in [4.78, 5) is 18.8. The average molecular weight is 640 g/mol. The van der Waals surface area contributed by atoms with Crippen LogP contribution in [0, 0.1) is 6.92 Å². The van der Waals surface area contributed by atoms with Crippen molar-refractivity contribution in [2.45, 2.75) is 24.5 Å². The first-order valence-corrected chi connectivity index (χ1v) is 16.8. The predicted octanol–water partition coefficient (Wildman–Crippen LogP) is 8.32. The lowest BCUT2D eigenvalue weighted by atomic mass is 9.95. The minimum absolute atomic E-state index is 0.00690. The summed E-state index contributed by atoms with van der Waals surface area (Å²) in [6.07, 6.45) is -0.524. The van der Waals surface area contributed by atoms with Crippen molar-refractivity contribution in [3.63, 3.8) is 0 Å². The minimum atomic E-state index is -4.03. The molecular weight excluding hydrogens is 607 g/mol. The number of amides is 1. The summed E-state index contributed by atoms with van der Waals surface area (Å²) < 4.78 is 35.2. The van der Waals surface area contributed by atoms with E-state index in [1.54, 1.807) is 48.4 Å². The smallest absolute Gasteiger partial charge is 0.262 e. The molecule has 1 atom stereocenters. The van der Waals surface area contributed by atoms with E-state index in [4.69, 9.17) is 4.74 Å². The Labute approximate surface area is 274 Å². The van der Waals surface area contributed by atoms with Crippen LogP contribution in [0.3, 0.4) is 0 Å². The number of nitrogens with one attached hydrogen (secondary N) is 1. The van der Waals surface area contributed by atoms with Gasteiger partial charge in [0.1, 0.15) is 11.9 Å². The monoisotopic (exact) mass is 639 g/mol. The SMILES string of the molecule is COc1ccc(NS(=O)(=O)c2ccc3c(c2)C(=O)N(c2ccc(C)cc2)[C@H](c2cccc4ccccc24)N3Cc2ccccc2)cc1. The molecule has 0 bridgehead atoms. The molecule has 0 spiro atoms. The molecule has 6 aromatic carbocycles. The molecule has 0 unspecified atom stereocenters. The normalized spacial score (nSPS) is 14.6. The van der Waals surface area contributed by atoms with Crippen LogP contribution >= 0.6 is 0 Å². The molecular formula is C39H33N3O4S. The fourth-order valence-corrected chi connectivity index (χ4v) is 7.27. The number of nitrogens with zero attached hydrogens (tertiary/aromatic N) is 2. The highest BCUT2D eigenvalue weighted by Gasteiger charge is 2.41. The van der Waals surface area contributed by atoms with Gasteiger partial charge in [-0.25, -0.2) is 8.42 Å². The minimum Gasteiger partial charge on any atom is -0.497 e. The van der Waals surface area contributed by atoms with Gasteiger partial charge in [0, 0.05) is 23.5 Å². The van der Waals surface area contributed by atoms with Gasteiger partial charge in [0.25, 0.3) is 15.9 Å². The van der Waals surface area contributed by atoms with Crippen LogP contribution in [0.1, 0.15) is 33.2 Å². The summed E-state index contributed by atoms with van der Waals surface area (Å²) in [5, 5.41) is 2.10. The molecule has 0 saturated heterocycles. The summed E-state index contributed by atoms with van der Waals surface area (Å²) >= 11 is 0. The first-order valence-electron chi connectivity index (χ1n) is 15.3. The van der Waals surface area contributed by atoms with E-state index >= 15 is 0 Å². The van der Waals surface area contributed by atoms with E-state index < -0.39 is 16.2 Å². The van der Waals surface area contributed by atoms with Crippen LogP contribution in [0.25, 0.3) is 10.8 Å². The van der Waals surface area contributed by atoms with Crippen molar-refractivity contribution < 1.29 is 17.9 Å². The van der Waals surface area contributed by atoms with E-state index in [0.717, 1.165) is 27.5 Å². The molecule has 1 N–H and O–H groups in total. The predicted molar refractivity (Wildman–Crippen MR) is 188 cm³/mol. The molecule has 1 aliphatic rings. The average Bonchev–Trinajstić information content (AvgIpc) is 3.10. The molecule has 0 aliphatic carbocycles. The summed E-state index contributed by atoms with van der Waals surface area (Å²) in [5.74, 6) is 0.329. The Balaban J connectivity index is 1.42. The van der Waals surface area contributed by atoms with Crippen molar-refractivity contribution in [1.82, 2.24) is 0 Å². The van der Waals surface area contributed by atoms with Crippen LogP contribution in [0.2, 0.25) is 0 Å². The fourth-order valence-electron chi connectivity index (χ4n) is 6.19. The zero-order valence-electron chi connectivity index (χ0n) is 26.0. The first kappa shape index (κ1) is 30.1. The maximum atomic E-state index is 14.8. The molecule has 1 aliphatic heterocycles. The summed E-state index contributed by atoms with van der Waals surface area (Å²) in [6.45, 7) is 2.49. The number of sulfonamides is 1. The zero-order chi connectivity index (χ0) is 32.5. The van der Waals surface area contributed by atoms with Crippen molar-refractivity contribution >= 4 is 43.8 Å². The molecule has 1 heterocycles. The maximum Gasteiger partial charge on any atom is 0.262 e. The van der Waals surface area contributed by atoms with E-state index in [1.165, 1.54) is 6.07 Å². The van der Waals surface area contributed by atoms with Crippen molar-refractivity contribution in [3.8, 4) is 5.75 Å². The largest absolute Gasteiger partial charge is 0.497 e. The molecule has 6 aromatic rings. The highest BCUT2D eigenvalue weighted by Crippen LogP contribution is 2.45. The van der Waals surface area contributed by atoms with Crippen LogP contribution in [-0.4, -0.2) is 21.4 Å². The van der Waals surface area contributed by atoms with Crippen molar-refractivity contribution in [1.29, 1.82) is 0 Å². The van der Waals surface area contributed by atoms with Crippen LogP contribution in [-0.2, 0) is 16.6 Å². The third-order valence-corrected chi connectivity index (χ3v) is 9.91. The number of hydrogen-bond acceptors (Lipinski definition) is 5. The third kappa shape index (κ3) is 5.79. The molecule has 234 valence electrons. The van der Waals surface area contributed by atoms with Gasteiger partial charge < -0.3 is 9.64 Å². The van der Waals surface area contributed by atoms with Gasteiger partial charge in [0.15, 0.2) is 0 Å². The Kier molecular flexibility index (Phi) is 7.87. The third-order valence-electron chi connectivity index (χ3n) is 8.53. The standard InChI is InChI=1S/C39H33N3O4S/c1-27-15-19-31(20-16-27)42-38(35-14-8-12-29-11-6-7-13-34(29)35)41(26-28-9-4-3-5-10-28)37-24-23-33(25-36(37)39(42)43)47(44,45)40-30-17-21-32(46-2)22-18-30/h3-25,38,40H,26H2,1-2H3/t38-/m1/s1. The van der Waals surface area contributed by atoms with Gasteiger partial charge in [0.05, 0.1) is 23.3 Å². The molecule has 8 heteroatoms. The summed E-state index contributed by atoms with van der Waals surface area (Å²) in [5.41, 5.74) is 5.15. The maximum absolute atomic E-state index is 14.8. The van der Waals surface area contributed by atoms with Gasteiger partial charge in [-0.1, -0.05) is 90.5 Å². The molecule has 47 heavy (non-hydrogen) atoms. The Hall–Kier alpha value is -5.60. The fraction of sp³-hybridized carbons (Fsp3) is 0.103. The van der Waals surface area contributed by atoms with E-state index in [-0.39, 0.29) is 10.8 Å². The molecule has 0 saturated carbocycles. The Morgan fingerprint density at radius 1 is 0.766 bits per heavy atom. The molecule has 0 radical (unpaired) electrons. The summed E-state index contributed by atoms with van der Waals surface area (Å²) in [6, 6.07) is 43.7. The number of carbonyl (C=O) groups is 1. The zero-order valence-corrected chi connectivity index (χ0v) is 26.8. The molecule has 7 rings (SSSR count). The number of benzene rings is 6. The lowest BCUT2D eigenvalue weighted by Gasteiger charge is -2.46. The lowest BCUT2D eigenvalue weighted by Crippen LogP contribution is -2.49. The van der Waals surface area contributed by atoms with E-state index in [9.17, 15) is 13.2 Å². The van der Waals surface area contributed by atoms with Crippen LogP contribution < -0.4 is 19.3 Å². The van der Waals surface area contributed by atoms with Gasteiger partial charge in [0.2, 0.25) is 0 Å². The van der Waals surface area contributed by atoms with Gasteiger partial charge in [-0.15, -0.1) is 0 Å². The lowest BCUT2D eigenvalue weighted by molar-refractivity contribution is 0.0968. The number of hydrogen-bond donors (Lipinski definition) is 1. The van der Waals surface area contributed by atoms with Crippen LogP contribution in [0.15, 0.2) is 144 Å². The summed E-state index contributed by atoms with van der Waals surface area (Å²) in [7, 11) is -2.48. The second-order valence-corrected chi connectivity index (χ2v) is 13.3. The number of aryl methyl sites for hydroxylation is 1. The Morgan fingerprint density at radius 3 is 2.21 bits per heavy atom. The van der Waals surface area contributed by atoms with Crippen molar-refractivity contribution in [2.75, 3.05) is 21.6 Å². The van der Waals surface area contributed by atoms with Crippen LogP contribution in [0.5, 0.6) is 5.75 Å². The number of ether oxygens (including phenoxy) is 1. The molecule has 7 nitrogen and oxygen atoms in total. The number of fused-ring (bicyclic) bond motifs is 2. The van der Waals surface area contributed by atoms with E-state index in [2.05, 4.69) is 46.0 Å². The number of rotatable bonds is 8. The second kappa shape index (κ2) is 12.3. The molecule has 1 amide bonds. The van der Waals surface area contributed by atoms with E-state index in [0.29, 0.717) is 34.9 Å². The Morgan fingerprint density at radius 2 is 1.47 bits per heavy atom. The van der Waals surface area contributed by atoms with E-state index in [1.807, 2.05) is 67.6 Å². The second-order valence-electron chi connectivity index (χ2n) is 11.6. The number of anilines is 3. The van der Waals surface area contributed by atoms with Gasteiger partial charge >= 0.3 is 0 Å². The van der Waals surface area contributed by atoms with Crippen LogP contribution in [0.4, 0.5) is 17.1 Å². The van der Waals surface area contributed by atoms with Gasteiger partial charge in [-0.3, -0.25) is 14.4 Å². The first-order chi connectivity index (χ1) is 22.8. The molecule has 0 fully saturated rings. The van der Waals surface area contributed by atoms with Gasteiger partial charge in [-0.05, 0) is 77.9 Å². The number of carbonyl (C=O) groups excluding carboxylic acids is 1. The van der Waals surface area contributed by atoms with Gasteiger partial charge in [-0.2, -0.15) is 0 Å².